The fraction of sp³-hybridized carbons (Fsp3) is 0.176. The number of hydrogen-bond acceptors (Lipinski definition) is 3. The van der Waals surface area contributed by atoms with Crippen molar-refractivity contribution in [3.63, 3.8) is 0 Å². The van der Waals surface area contributed by atoms with Crippen LogP contribution in [0.15, 0.2) is 49.0 Å². The zero-order valence-electron chi connectivity index (χ0n) is 11.7. The molecule has 1 unspecified atom stereocenters. The maximum atomic E-state index is 10.5. The SMILES string of the molecule is C=Cc1ccc(C(O)c2ccc(OC)cc2OC)cc1. The van der Waals surface area contributed by atoms with Crippen LogP contribution in [-0.2, 0) is 0 Å². The van der Waals surface area contributed by atoms with Crippen molar-refractivity contribution >= 4 is 6.08 Å². The quantitative estimate of drug-likeness (QED) is 0.904. The van der Waals surface area contributed by atoms with E-state index in [1.165, 1.54) is 0 Å². The minimum absolute atomic E-state index is 0.602. The lowest BCUT2D eigenvalue weighted by atomic mass is 9.99. The van der Waals surface area contributed by atoms with Crippen molar-refractivity contribution in [3.8, 4) is 11.5 Å². The maximum absolute atomic E-state index is 10.5. The Morgan fingerprint density at radius 2 is 1.75 bits per heavy atom. The van der Waals surface area contributed by atoms with Crippen molar-refractivity contribution < 1.29 is 14.6 Å². The first-order chi connectivity index (χ1) is 9.69. The number of aliphatic hydroxyl groups is 1. The van der Waals surface area contributed by atoms with E-state index in [4.69, 9.17) is 9.47 Å². The summed E-state index contributed by atoms with van der Waals surface area (Å²) in [6, 6.07) is 13.0. The van der Waals surface area contributed by atoms with Gasteiger partial charge in [-0.1, -0.05) is 36.9 Å². The van der Waals surface area contributed by atoms with Crippen LogP contribution in [0.25, 0.3) is 6.08 Å². The Balaban J connectivity index is 2.36. The average Bonchev–Trinajstić information content (AvgIpc) is 2.53. The first-order valence-corrected chi connectivity index (χ1v) is 6.32. The summed E-state index contributed by atoms with van der Waals surface area (Å²) in [6.45, 7) is 3.71. The van der Waals surface area contributed by atoms with Gasteiger partial charge in [-0.05, 0) is 23.3 Å². The van der Waals surface area contributed by atoms with Gasteiger partial charge < -0.3 is 14.6 Å². The topological polar surface area (TPSA) is 38.7 Å². The minimum atomic E-state index is -0.741. The first kappa shape index (κ1) is 14.2. The largest absolute Gasteiger partial charge is 0.497 e. The Labute approximate surface area is 119 Å². The molecular formula is C17H18O3. The summed E-state index contributed by atoms with van der Waals surface area (Å²) < 4.78 is 10.5. The predicted octanol–water partition coefficient (Wildman–Crippen LogP) is 3.43. The van der Waals surface area contributed by atoms with E-state index in [0.717, 1.165) is 11.1 Å². The van der Waals surface area contributed by atoms with Crippen LogP contribution in [0.4, 0.5) is 0 Å². The molecule has 0 aromatic heterocycles. The maximum Gasteiger partial charge on any atom is 0.128 e. The summed E-state index contributed by atoms with van der Waals surface area (Å²) in [7, 11) is 3.17. The molecular weight excluding hydrogens is 252 g/mol. The second-order valence-corrected chi connectivity index (χ2v) is 4.38. The van der Waals surface area contributed by atoms with Crippen molar-refractivity contribution in [1.29, 1.82) is 0 Å². The van der Waals surface area contributed by atoms with Crippen LogP contribution in [0.3, 0.4) is 0 Å². The molecule has 0 spiro atoms. The molecule has 0 fully saturated rings. The lowest BCUT2D eigenvalue weighted by Crippen LogP contribution is -2.02. The molecule has 2 rings (SSSR count). The lowest BCUT2D eigenvalue weighted by Gasteiger charge is -2.16. The Bertz CT molecular complexity index is 588. The van der Waals surface area contributed by atoms with Crippen LogP contribution >= 0.6 is 0 Å². The van der Waals surface area contributed by atoms with Gasteiger partial charge in [0.25, 0.3) is 0 Å². The molecule has 2 aromatic carbocycles. The van der Waals surface area contributed by atoms with Crippen molar-refractivity contribution in [3.05, 3.63) is 65.7 Å². The molecule has 0 radical (unpaired) electrons. The molecule has 0 amide bonds. The summed E-state index contributed by atoms with van der Waals surface area (Å²) in [5, 5.41) is 10.5. The number of rotatable bonds is 5. The number of benzene rings is 2. The van der Waals surface area contributed by atoms with Gasteiger partial charge >= 0.3 is 0 Å². The number of methoxy groups -OCH3 is 2. The van der Waals surface area contributed by atoms with E-state index < -0.39 is 6.10 Å². The Kier molecular flexibility index (Phi) is 4.43. The smallest absolute Gasteiger partial charge is 0.128 e. The Morgan fingerprint density at radius 3 is 2.30 bits per heavy atom. The number of aliphatic hydroxyl groups excluding tert-OH is 1. The highest BCUT2D eigenvalue weighted by Crippen LogP contribution is 2.33. The molecule has 3 heteroatoms. The Morgan fingerprint density at radius 1 is 1.05 bits per heavy atom. The number of ether oxygens (including phenoxy) is 2. The minimum Gasteiger partial charge on any atom is -0.497 e. The molecule has 1 N–H and O–H groups in total. The summed E-state index contributed by atoms with van der Waals surface area (Å²) in [5.41, 5.74) is 2.53. The second kappa shape index (κ2) is 6.26. The van der Waals surface area contributed by atoms with Crippen LogP contribution in [0.2, 0.25) is 0 Å². The van der Waals surface area contributed by atoms with E-state index in [0.29, 0.717) is 17.1 Å². The van der Waals surface area contributed by atoms with Gasteiger partial charge in [0.1, 0.15) is 17.6 Å². The van der Waals surface area contributed by atoms with Crippen molar-refractivity contribution in [2.45, 2.75) is 6.10 Å². The van der Waals surface area contributed by atoms with Crippen LogP contribution < -0.4 is 9.47 Å². The van der Waals surface area contributed by atoms with Gasteiger partial charge in [0.2, 0.25) is 0 Å². The molecule has 0 aliphatic heterocycles. The van der Waals surface area contributed by atoms with E-state index in [9.17, 15) is 5.11 Å². The highest BCUT2D eigenvalue weighted by Gasteiger charge is 2.16. The van der Waals surface area contributed by atoms with E-state index in [1.807, 2.05) is 30.3 Å². The van der Waals surface area contributed by atoms with E-state index in [2.05, 4.69) is 6.58 Å². The molecule has 0 heterocycles. The molecule has 0 aliphatic carbocycles. The van der Waals surface area contributed by atoms with E-state index in [1.54, 1.807) is 32.4 Å². The molecule has 20 heavy (non-hydrogen) atoms. The third-order valence-electron chi connectivity index (χ3n) is 3.22. The summed E-state index contributed by atoms with van der Waals surface area (Å²) >= 11 is 0. The zero-order valence-corrected chi connectivity index (χ0v) is 11.7. The van der Waals surface area contributed by atoms with Crippen molar-refractivity contribution in [1.82, 2.24) is 0 Å². The first-order valence-electron chi connectivity index (χ1n) is 6.32. The molecule has 0 bridgehead atoms. The number of hydrogen-bond donors (Lipinski definition) is 1. The third kappa shape index (κ3) is 2.83. The van der Waals surface area contributed by atoms with Gasteiger partial charge in [-0.2, -0.15) is 0 Å². The van der Waals surface area contributed by atoms with Gasteiger partial charge in [-0.15, -0.1) is 0 Å². The molecule has 0 saturated heterocycles. The average molecular weight is 270 g/mol. The van der Waals surface area contributed by atoms with Gasteiger partial charge in [0.05, 0.1) is 14.2 Å². The fourth-order valence-corrected chi connectivity index (χ4v) is 2.04. The molecule has 2 aromatic rings. The van der Waals surface area contributed by atoms with Gasteiger partial charge in [-0.3, -0.25) is 0 Å². The van der Waals surface area contributed by atoms with Gasteiger partial charge in [0.15, 0.2) is 0 Å². The summed E-state index contributed by atoms with van der Waals surface area (Å²) in [6.07, 6.45) is 1.03. The summed E-state index contributed by atoms with van der Waals surface area (Å²) in [5.74, 6) is 1.30. The highest BCUT2D eigenvalue weighted by atomic mass is 16.5. The van der Waals surface area contributed by atoms with Crippen LogP contribution in [0, 0.1) is 0 Å². The zero-order chi connectivity index (χ0) is 14.5. The van der Waals surface area contributed by atoms with Crippen LogP contribution in [-0.4, -0.2) is 19.3 Å². The predicted molar refractivity (Wildman–Crippen MR) is 80.1 cm³/mol. The molecule has 104 valence electrons. The van der Waals surface area contributed by atoms with Gasteiger partial charge in [0, 0.05) is 11.6 Å². The summed E-state index contributed by atoms with van der Waals surface area (Å²) in [4.78, 5) is 0. The van der Waals surface area contributed by atoms with E-state index in [-0.39, 0.29) is 0 Å². The van der Waals surface area contributed by atoms with Crippen LogP contribution in [0.1, 0.15) is 22.8 Å². The van der Waals surface area contributed by atoms with Crippen molar-refractivity contribution in [2.24, 2.45) is 0 Å². The molecule has 3 nitrogen and oxygen atoms in total. The molecule has 0 aliphatic rings. The Hall–Kier alpha value is -2.26. The van der Waals surface area contributed by atoms with Crippen molar-refractivity contribution in [2.75, 3.05) is 14.2 Å². The second-order valence-electron chi connectivity index (χ2n) is 4.38. The third-order valence-corrected chi connectivity index (χ3v) is 3.22. The normalized spacial score (nSPS) is 11.8. The monoisotopic (exact) mass is 270 g/mol. The lowest BCUT2D eigenvalue weighted by molar-refractivity contribution is 0.214. The van der Waals surface area contributed by atoms with E-state index >= 15 is 0 Å². The highest BCUT2D eigenvalue weighted by molar-refractivity contribution is 5.49. The van der Waals surface area contributed by atoms with Crippen LogP contribution in [0.5, 0.6) is 11.5 Å². The molecule has 0 saturated carbocycles. The molecule has 1 atom stereocenters. The standard InChI is InChI=1S/C17H18O3/c1-4-12-5-7-13(8-6-12)17(18)15-10-9-14(19-2)11-16(15)20-3/h4-11,17-18H,1H2,2-3H3. The van der Waals surface area contributed by atoms with Gasteiger partial charge in [-0.25, -0.2) is 0 Å². The fourth-order valence-electron chi connectivity index (χ4n) is 2.04.